The molecular weight excluding hydrogens is 696 g/mol. The number of carbonyl (C=O) groups excluding carboxylic acids is 3. The first-order valence-corrected chi connectivity index (χ1v) is 17.4. The second-order valence-corrected chi connectivity index (χ2v) is 15.2. The summed E-state index contributed by atoms with van der Waals surface area (Å²) in [6.45, 7) is 11.6. The van der Waals surface area contributed by atoms with Crippen LogP contribution in [0.3, 0.4) is 0 Å². The van der Waals surface area contributed by atoms with Gasteiger partial charge in [-0.1, -0.05) is 34.6 Å². The highest BCUT2D eigenvalue weighted by molar-refractivity contribution is 6.64. The lowest BCUT2D eigenvalue weighted by atomic mass is 10.1. The molecule has 3 heterocycles. The summed E-state index contributed by atoms with van der Waals surface area (Å²) >= 11 is 5.04. The molecule has 2 atom stereocenters. The van der Waals surface area contributed by atoms with Gasteiger partial charge in [0.2, 0.25) is 17.0 Å². The number of carbonyl (C=O) groups is 3. The lowest BCUT2D eigenvalue weighted by Gasteiger charge is -2.21. The third-order valence-electron chi connectivity index (χ3n) is 7.90. The minimum atomic E-state index is -0.553. The van der Waals surface area contributed by atoms with Crippen LogP contribution in [0.2, 0.25) is 0 Å². The van der Waals surface area contributed by atoms with E-state index in [2.05, 4.69) is 25.9 Å². The molecule has 4 aliphatic rings. The maximum Gasteiger partial charge on any atom is 0.408 e. The fourth-order valence-corrected chi connectivity index (χ4v) is 5.29. The van der Waals surface area contributed by atoms with Gasteiger partial charge in [0.1, 0.15) is 35.9 Å². The quantitative estimate of drug-likeness (QED) is 0.0704. The summed E-state index contributed by atoms with van der Waals surface area (Å²) in [6, 6.07) is 10.4. The van der Waals surface area contributed by atoms with E-state index in [1.165, 1.54) is 0 Å². The number of amides is 2. The van der Waals surface area contributed by atoms with E-state index in [1.807, 2.05) is 39.0 Å². The smallest absolute Gasteiger partial charge is 0.408 e. The number of nitrogens with zero attached hydrogens (tertiary/aromatic N) is 3. The Morgan fingerprint density at radius 3 is 1.87 bits per heavy atom. The molecule has 2 saturated carbocycles. The molecule has 15 nitrogen and oxygen atoms in total. The van der Waals surface area contributed by atoms with E-state index in [0.29, 0.717) is 42.2 Å². The maximum absolute atomic E-state index is 12.0. The summed E-state index contributed by atoms with van der Waals surface area (Å²) in [6.07, 6.45) is 3.32. The monoisotopic (exact) mass is 740 g/mol. The van der Waals surface area contributed by atoms with Crippen LogP contribution in [0.25, 0.3) is 11.4 Å². The van der Waals surface area contributed by atoms with Crippen LogP contribution < -0.4 is 25.8 Å². The highest BCUT2D eigenvalue weighted by atomic mass is 35.5. The Morgan fingerprint density at radius 1 is 0.865 bits per heavy atom. The molecule has 1 aromatic heterocycles. The second kappa shape index (κ2) is 15.7. The van der Waals surface area contributed by atoms with E-state index < -0.39 is 23.4 Å². The highest BCUT2D eigenvalue weighted by Gasteiger charge is 2.32. The van der Waals surface area contributed by atoms with E-state index in [9.17, 15) is 14.4 Å². The van der Waals surface area contributed by atoms with Crippen molar-refractivity contribution in [3.8, 4) is 22.9 Å². The molecule has 7 rings (SSSR count). The third kappa shape index (κ3) is 10.7. The summed E-state index contributed by atoms with van der Waals surface area (Å²) in [4.78, 5) is 38.2. The summed E-state index contributed by atoms with van der Waals surface area (Å²) in [5.74, 6) is 3.25. The number of amidine groups is 1. The first-order chi connectivity index (χ1) is 24.5. The largest absolute Gasteiger partial charge is 0.491 e. The molecule has 3 aromatic rings. The number of oxime groups is 1. The number of alkyl carbamates (subject to hydrolysis) is 2. The van der Waals surface area contributed by atoms with Crippen molar-refractivity contribution in [2.45, 2.75) is 96.4 Å². The summed E-state index contributed by atoms with van der Waals surface area (Å²) < 4.78 is 27.1. The maximum atomic E-state index is 12.0. The zero-order valence-electron chi connectivity index (χ0n) is 30.0. The number of benzene rings is 2. The molecule has 2 amide bonds. The molecule has 0 saturated heterocycles. The molecular formula is C36H45ClN6O9. The van der Waals surface area contributed by atoms with E-state index in [-0.39, 0.29) is 29.1 Å². The summed E-state index contributed by atoms with van der Waals surface area (Å²) in [5.41, 5.74) is 7.58. The van der Waals surface area contributed by atoms with Gasteiger partial charge in [0.25, 0.3) is 0 Å². The van der Waals surface area contributed by atoms with Crippen molar-refractivity contribution >= 4 is 34.9 Å². The first kappa shape index (κ1) is 38.2. The van der Waals surface area contributed by atoms with Crippen molar-refractivity contribution < 1.29 is 43.1 Å². The summed E-state index contributed by atoms with van der Waals surface area (Å²) in [5, 5.41) is 21.1. The number of halogens is 1. The molecule has 0 spiro atoms. The van der Waals surface area contributed by atoms with Crippen molar-refractivity contribution in [3.05, 3.63) is 59.0 Å². The van der Waals surface area contributed by atoms with Crippen molar-refractivity contribution in [3.63, 3.8) is 0 Å². The Kier molecular flexibility index (Phi) is 11.5. The molecule has 280 valence electrons. The van der Waals surface area contributed by atoms with Gasteiger partial charge in [-0.05, 0) is 91.0 Å². The molecule has 2 aromatic carbocycles. The molecule has 2 aliphatic heterocycles. The van der Waals surface area contributed by atoms with Gasteiger partial charge < -0.3 is 45.0 Å². The molecule has 2 aliphatic carbocycles. The SMILES string of the molecule is CC(C)(C)OC(=O)N[C@@H]1COc2cc(-c3noc(C4CC4)n3)ccc21.CC(C)(C)OC(=O)N[C@@H]1COc2cc(C(N)=NO)ccc21.O=C(Cl)C1CC1. The Labute approximate surface area is 306 Å². The van der Waals surface area contributed by atoms with Gasteiger partial charge in [-0.2, -0.15) is 4.98 Å². The average Bonchev–Trinajstić information content (AvgIpc) is 3.98. The number of aromatic nitrogens is 2. The van der Waals surface area contributed by atoms with Crippen molar-refractivity contribution in [2.24, 2.45) is 16.8 Å². The Morgan fingerprint density at radius 2 is 1.40 bits per heavy atom. The van der Waals surface area contributed by atoms with E-state index in [4.69, 9.17) is 46.0 Å². The zero-order chi connectivity index (χ0) is 37.8. The number of ether oxygens (including phenoxy) is 4. The molecule has 5 N–H and O–H groups in total. The van der Waals surface area contributed by atoms with Crippen molar-refractivity contribution in [1.29, 1.82) is 0 Å². The van der Waals surface area contributed by atoms with Gasteiger partial charge in [0, 0.05) is 34.1 Å². The van der Waals surface area contributed by atoms with Gasteiger partial charge >= 0.3 is 12.2 Å². The van der Waals surface area contributed by atoms with Crippen LogP contribution in [0.1, 0.15) is 108 Å². The standard InChI is InChI=1S/C18H21N3O4.C14H19N3O4.C4H5ClO/c1-18(2,3)24-17(22)19-13-9-23-14-8-11(6-7-12(13)14)15-20-16(25-21-15)10-4-5-10;1-14(2,3)21-13(18)16-10-7-20-11-6-8(12(15)17-19)4-5-9(10)11;5-4(6)3-1-2-3/h6-8,10,13H,4-5,9H2,1-3H3,(H,19,22);4-6,10,19H,7H2,1-3H3,(H2,15,17)(H,16,18);3H,1-2H2/t13-;10-;/m11./s1. The minimum Gasteiger partial charge on any atom is -0.491 e. The third-order valence-corrected chi connectivity index (χ3v) is 8.21. The molecule has 0 radical (unpaired) electrons. The van der Waals surface area contributed by atoms with Crippen LogP contribution in [-0.4, -0.2) is 63.0 Å². The van der Waals surface area contributed by atoms with E-state index in [0.717, 1.165) is 48.1 Å². The van der Waals surface area contributed by atoms with Crippen molar-refractivity contribution in [1.82, 2.24) is 20.8 Å². The van der Waals surface area contributed by atoms with E-state index >= 15 is 0 Å². The van der Waals surface area contributed by atoms with Crippen molar-refractivity contribution in [2.75, 3.05) is 13.2 Å². The Balaban J connectivity index is 0.000000175. The molecule has 0 unspecified atom stereocenters. The van der Waals surface area contributed by atoms with Crippen LogP contribution in [0.4, 0.5) is 9.59 Å². The number of hydrogen-bond acceptors (Lipinski definition) is 12. The Hall–Kier alpha value is -5.05. The number of rotatable bonds is 6. The molecule has 0 bridgehead atoms. The number of nitrogens with one attached hydrogen (secondary N) is 2. The van der Waals surface area contributed by atoms with Crippen LogP contribution in [-0.2, 0) is 14.3 Å². The van der Waals surface area contributed by atoms with Crippen LogP contribution in [0, 0.1) is 5.92 Å². The fraction of sp³-hybridized carbons (Fsp3) is 0.500. The van der Waals surface area contributed by atoms with Gasteiger partial charge in [-0.15, -0.1) is 0 Å². The van der Waals surface area contributed by atoms with Gasteiger partial charge in [0.15, 0.2) is 5.84 Å². The predicted molar refractivity (Wildman–Crippen MR) is 189 cm³/mol. The lowest BCUT2D eigenvalue weighted by Crippen LogP contribution is -2.35. The van der Waals surface area contributed by atoms with Crippen LogP contribution >= 0.6 is 11.6 Å². The van der Waals surface area contributed by atoms with Crippen LogP contribution in [0.5, 0.6) is 11.5 Å². The zero-order valence-corrected chi connectivity index (χ0v) is 30.8. The number of fused-ring (bicyclic) bond motifs is 2. The fourth-order valence-electron chi connectivity index (χ4n) is 5.07. The molecule has 2 fully saturated rings. The minimum absolute atomic E-state index is 0.00458. The topological polar surface area (TPSA) is 210 Å². The second-order valence-electron chi connectivity index (χ2n) is 14.8. The van der Waals surface area contributed by atoms with E-state index in [1.54, 1.807) is 39.0 Å². The molecule has 52 heavy (non-hydrogen) atoms. The number of nitrogens with two attached hydrogens (primary N) is 1. The molecule has 16 heteroatoms. The van der Waals surface area contributed by atoms with Gasteiger partial charge in [0.05, 0.1) is 12.1 Å². The highest BCUT2D eigenvalue weighted by Crippen LogP contribution is 2.40. The average molecular weight is 741 g/mol. The van der Waals surface area contributed by atoms with Crippen LogP contribution in [0.15, 0.2) is 46.1 Å². The normalized spacial score (nSPS) is 18.9. The lowest BCUT2D eigenvalue weighted by molar-refractivity contribution is -0.112. The predicted octanol–water partition coefficient (Wildman–Crippen LogP) is 6.47. The summed E-state index contributed by atoms with van der Waals surface area (Å²) in [7, 11) is 0. The first-order valence-electron chi connectivity index (χ1n) is 17.0. The van der Waals surface area contributed by atoms with Gasteiger partial charge in [-0.3, -0.25) is 4.79 Å². The van der Waals surface area contributed by atoms with Gasteiger partial charge in [-0.25, -0.2) is 9.59 Å². The number of hydrogen-bond donors (Lipinski definition) is 4. The Bertz CT molecular complexity index is 1810.